The molecule has 1 aromatic rings. The first kappa shape index (κ1) is 15.8. The van der Waals surface area contributed by atoms with Gasteiger partial charge in [0.2, 0.25) is 0 Å². The van der Waals surface area contributed by atoms with Crippen molar-refractivity contribution < 1.29 is 13.9 Å². The quantitative estimate of drug-likeness (QED) is 0.866. The van der Waals surface area contributed by atoms with E-state index in [2.05, 4.69) is 0 Å². The Balaban J connectivity index is 2.13. The van der Waals surface area contributed by atoms with Gasteiger partial charge in [0.15, 0.2) is 0 Å². The van der Waals surface area contributed by atoms with Gasteiger partial charge in [0.05, 0.1) is 0 Å². The first-order chi connectivity index (χ1) is 9.76. The normalized spacial score (nSPS) is 23.0. The molecule has 0 radical (unpaired) electrons. The van der Waals surface area contributed by atoms with Gasteiger partial charge in [-0.05, 0) is 38.8 Å². The average molecular weight is 294 g/mol. The van der Waals surface area contributed by atoms with Gasteiger partial charge < -0.3 is 15.4 Å². The van der Waals surface area contributed by atoms with Crippen molar-refractivity contribution in [2.75, 3.05) is 13.1 Å². The Labute approximate surface area is 125 Å². The number of benzene rings is 1. The highest BCUT2D eigenvalue weighted by molar-refractivity contribution is 5.68. The van der Waals surface area contributed by atoms with Gasteiger partial charge in [-0.25, -0.2) is 9.18 Å². The summed E-state index contributed by atoms with van der Waals surface area (Å²) in [5.41, 5.74) is 6.10. The first-order valence-electron chi connectivity index (χ1n) is 7.24. The number of ether oxygens (including phenoxy) is 1. The lowest BCUT2D eigenvalue weighted by atomic mass is 9.88. The minimum Gasteiger partial charge on any atom is -0.444 e. The molecular formula is C16H23FN2O2. The number of nitrogens with zero attached hydrogens (tertiary/aromatic N) is 1. The zero-order valence-corrected chi connectivity index (χ0v) is 12.8. The smallest absolute Gasteiger partial charge is 0.410 e. The van der Waals surface area contributed by atoms with Crippen LogP contribution in [0.1, 0.15) is 38.7 Å². The van der Waals surface area contributed by atoms with Crippen LogP contribution in [0.15, 0.2) is 24.3 Å². The molecule has 5 heteroatoms. The number of carbonyl (C=O) groups is 1. The Hall–Kier alpha value is -1.62. The zero-order valence-electron chi connectivity index (χ0n) is 12.8. The lowest BCUT2D eigenvalue weighted by molar-refractivity contribution is 0.0179. The van der Waals surface area contributed by atoms with Crippen LogP contribution in [-0.4, -0.2) is 35.7 Å². The molecule has 0 aromatic heterocycles. The highest BCUT2D eigenvalue weighted by Gasteiger charge is 2.32. The van der Waals surface area contributed by atoms with Crippen LogP contribution in [0.5, 0.6) is 0 Å². The van der Waals surface area contributed by atoms with Gasteiger partial charge in [-0.2, -0.15) is 0 Å². The Morgan fingerprint density at radius 3 is 2.62 bits per heavy atom. The van der Waals surface area contributed by atoms with Crippen molar-refractivity contribution in [2.45, 2.75) is 44.8 Å². The van der Waals surface area contributed by atoms with Crippen LogP contribution < -0.4 is 5.73 Å². The van der Waals surface area contributed by atoms with E-state index in [9.17, 15) is 9.18 Å². The van der Waals surface area contributed by atoms with E-state index in [1.807, 2.05) is 20.8 Å². The van der Waals surface area contributed by atoms with Gasteiger partial charge in [0, 0.05) is 25.0 Å². The molecule has 2 N–H and O–H groups in total. The highest BCUT2D eigenvalue weighted by atomic mass is 19.1. The van der Waals surface area contributed by atoms with Crippen molar-refractivity contribution in [2.24, 2.45) is 5.73 Å². The fourth-order valence-electron chi connectivity index (χ4n) is 2.65. The summed E-state index contributed by atoms with van der Waals surface area (Å²) in [6.07, 6.45) is 0.277. The van der Waals surface area contributed by atoms with E-state index in [0.29, 0.717) is 25.1 Å². The number of rotatable bonds is 1. The molecule has 0 aliphatic carbocycles. The number of carbonyl (C=O) groups excluding carboxylic acids is 1. The number of amides is 1. The molecule has 2 atom stereocenters. The largest absolute Gasteiger partial charge is 0.444 e. The van der Waals surface area contributed by atoms with E-state index in [4.69, 9.17) is 10.5 Å². The maximum absolute atomic E-state index is 13.9. The third-order valence-electron chi connectivity index (χ3n) is 3.48. The van der Waals surface area contributed by atoms with E-state index in [1.54, 1.807) is 23.1 Å². The summed E-state index contributed by atoms with van der Waals surface area (Å²) < 4.78 is 19.3. The lowest BCUT2D eigenvalue weighted by Crippen LogP contribution is -2.50. The number of hydrogen-bond donors (Lipinski definition) is 1. The van der Waals surface area contributed by atoms with E-state index in [1.165, 1.54) is 6.07 Å². The van der Waals surface area contributed by atoms with E-state index >= 15 is 0 Å². The van der Waals surface area contributed by atoms with Gasteiger partial charge in [-0.3, -0.25) is 0 Å². The topological polar surface area (TPSA) is 55.6 Å². The minimum absolute atomic E-state index is 0.0949. The number of halogens is 1. The molecule has 4 nitrogen and oxygen atoms in total. The lowest BCUT2D eigenvalue weighted by Gasteiger charge is -2.37. The number of hydrogen-bond acceptors (Lipinski definition) is 3. The molecule has 2 rings (SSSR count). The van der Waals surface area contributed by atoms with Crippen LogP contribution in [0.4, 0.5) is 9.18 Å². The van der Waals surface area contributed by atoms with Crippen molar-refractivity contribution in [1.29, 1.82) is 0 Å². The predicted molar refractivity (Wildman–Crippen MR) is 79.5 cm³/mol. The van der Waals surface area contributed by atoms with E-state index in [0.717, 1.165) is 0 Å². The van der Waals surface area contributed by atoms with Gasteiger partial charge in [0.1, 0.15) is 11.4 Å². The van der Waals surface area contributed by atoms with Crippen LogP contribution in [0.25, 0.3) is 0 Å². The number of piperidine rings is 1. The average Bonchev–Trinajstić information content (AvgIpc) is 2.36. The van der Waals surface area contributed by atoms with Crippen molar-refractivity contribution in [3.8, 4) is 0 Å². The highest BCUT2D eigenvalue weighted by Crippen LogP contribution is 2.29. The Morgan fingerprint density at radius 1 is 1.33 bits per heavy atom. The van der Waals surface area contributed by atoms with Gasteiger partial charge in [-0.1, -0.05) is 18.2 Å². The molecule has 1 aliphatic rings. The van der Waals surface area contributed by atoms with Gasteiger partial charge in [-0.15, -0.1) is 0 Å². The summed E-state index contributed by atoms with van der Waals surface area (Å²) in [4.78, 5) is 13.8. The summed E-state index contributed by atoms with van der Waals surface area (Å²) in [6, 6.07) is 6.48. The summed E-state index contributed by atoms with van der Waals surface area (Å²) in [5, 5.41) is 0. The third kappa shape index (κ3) is 4.17. The van der Waals surface area contributed by atoms with E-state index < -0.39 is 5.60 Å². The number of nitrogens with two attached hydrogens (primary N) is 1. The molecule has 0 unspecified atom stereocenters. The first-order valence-corrected chi connectivity index (χ1v) is 7.24. The fraction of sp³-hybridized carbons (Fsp3) is 0.562. The van der Waals surface area contributed by atoms with Crippen LogP contribution in [0.2, 0.25) is 0 Å². The minimum atomic E-state index is -0.549. The monoisotopic (exact) mass is 294 g/mol. The molecule has 0 bridgehead atoms. The maximum Gasteiger partial charge on any atom is 0.410 e. The van der Waals surface area contributed by atoms with Crippen molar-refractivity contribution in [3.63, 3.8) is 0 Å². The zero-order chi connectivity index (χ0) is 15.6. The second-order valence-electron chi connectivity index (χ2n) is 6.60. The third-order valence-corrected chi connectivity index (χ3v) is 3.48. The van der Waals surface area contributed by atoms with Crippen molar-refractivity contribution in [3.05, 3.63) is 35.6 Å². The second kappa shape index (κ2) is 6.02. The van der Waals surface area contributed by atoms with Gasteiger partial charge in [0.25, 0.3) is 0 Å². The second-order valence-corrected chi connectivity index (χ2v) is 6.60. The molecule has 0 saturated carbocycles. The summed E-state index contributed by atoms with van der Waals surface area (Å²) in [7, 11) is 0. The Kier molecular flexibility index (Phi) is 4.52. The van der Waals surface area contributed by atoms with Crippen molar-refractivity contribution in [1.82, 2.24) is 4.90 Å². The number of likely N-dealkylation sites (tertiary alicyclic amines) is 1. The van der Waals surface area contributed by atoms with Crippen LogP contribution >= 0.6 is 0 Å². The predicted octanol–water partition coefficient (Wildman–Crippen LogP) is 2.88. The molecule has 21 heavy (non-hydrogen) atoms. The Morgan fingerprint density at radius 2 is 2.00 bits per heavy atom. The molecule has 1 amide bonds. The molecule has 1 saturated heterocycles. The van der Waals surface area contributed by atoms with Crippen LogP contribution in [0.3, 0.4) is 0 Å². The molecule has 116 valence electrons. The Bertz CT molecular complexity index is 513. The SMILES string of the molecule is CC(C)(C)OC(=O)N1C[C@@H](N)C[C@H](c2ccccc2F)C1. The van der Waals surface area contributed by atoms with Crippen molar-refractivity contribution >= 4 is 6.09 Å². The summed E-state index contributed by atoms with van der Waals surface area (Å²) in [5.74, 6) is -0.344. The molecule has 1 fully saturated rings. The van der Waals surface area contributed by atoms with E-state index in [-0.39, 0.29) is 23.9 Å². The molecular weight excluding hydrogens is 271 g/mol. The van der Waals surface area contributed by atoms with Crippen LogP contribution in [0, 0.1) is 5.82 Å². The summed E-state index contributed by atoms with van der Waals surface area (Å²) >= 11 is 0. The molecule has 0 spiro atoms. The molecule has 1 heterocycles. The standard InChI is InChI=1S/C16H23FN2O2/c1-16(2,3)21-15(20)19-9-11(8-12(18)10-19)13-6-4-5-7-14(13)17/h4-7,11-12H,8-10,18H2,1-3H3/t11-,12-/m0/s1. The van der Waals surface area contributed by atoms with Gasteiger partial charge >= 0.3 is 6.09 Å². The molecule has 1 aliphatic heterocycles. The fourth-order valence-corrected chi connectivity index (χ4v) is 2.65. The molecule has 1 aromatic carbocycles. The summed E-state index contributed by atoms with van der Waals surface area (Å²) in [6.45, 7) is 6.35. The maximum atomic E-state index is 13.9. The van der Waals surface area contributed by atoms with Crippen LogP contribution in [-0.2, 0) is 4.74 Å².